The molecule has 0 saturated heterocycles. The number of aromatic nitrogens is 2. The van der Waals surface area contributed by atoms with Gasteiger partial charge >= 0.3 is 0 Å². The minimum absolute atomic E-state index is 0.377. The number of rotatable bonds is 2. The van der Waals surface area contributed by atoms with Crippen LogP contribution < -0.4 is 10.5 Å². The molecule has 0 atom stereocenters. The molecule has 3 N–H and O–H groups in total. The van der Waals surface area contributed by atoms with E-state index in [1.807, 2.05) is 25.1 Å². The van der Waals surface area contributed by atoms with Crippen LogP contribution in [-0.2, 0) is 0 Å². The molecule has 1 aromatic carbocycles. The topological polar surface area (TPSA) is 77.1 Å². The Morgan fingerprint density at radius 2 is 2.22 bits per heavy atom. The Hall–Kier alpha value is -2.43. The van der Waals surface area contributed by atoms with Crippen LogP contribution in [0.5, 0.6) is 5.75 Å². The van der Waals surface area contributed by atoms with E-state index in [9.17, 15) is 0 Å². The number of fused-ring (bicyclic) bond motifs is 1. The molecule has 18 heavy (non-hydrogen) atoms. The Morgan fingerprint density at radius 1 is 1.39 bits per heavy atom. The van der Waals surface area contributed by atoms with Gasteiger partial charge in [-0.05, 0) is 13.0 Å². The molecule has 0 aliphatic rings. The molecule has 5 heteroatoms. The first kappa shape index (κ1) is 10.7. The van der Waals surface area contributed by atoms with Gasteiger partial charge in [0.25, 0.3) is 0 Å². The highest BCUT2D eigenvalue weighted by molar-refractivity contribution is 5.99. The number of nitrogen functional groups attached to an aromatic ring is 1. The van der Waals surface area contributed by atoms with Crippen LogP contribution in [0.1, 0.15) is 5.69 Å². The van der Waals surface area contributed by atoms with Crippen LogP contribution in [0.2, 0.25) is 0 Å². The average Bonchev–Trinajstić information content (AvgIpc) is 2.91. The first-order valence-electron chi connectivity index (χ1n) is 5.58. The quantitative estimate of drug-likeness (QED) is 0.725. The van der Waals surface area contributed by atoms with E-state index in [0.717, 1.165) is 27.9 Å². The van der Waals surface area contributed by atoms with Crippen LogP contribution >= 0.6 is 0 Å². The number of aromatic amines is 1. The molecule has 0 aliphatic carbocycles. The van der Waals surface area contributed by atoms with Gasteiger partial charge in [-0.25, -0.2) is 0 Å². The smallest absolute Gasteiger partial charge is 0.171 e. The Kier molecular flexibility index (Phi) is 2.26. The van der Waals surface area contributed by atoms with E-state index in [1.54, 1.807) is 13.2 Å². The number of anilines is 1. The molecule has 0 amide bonds. The van der Waals surface area contributed by atoms with Gasteiger partial charge in [0.2, 0.25) is 0 Å². The Balaban J connectivity index is 2.33. The molecule has 0 aliphatic heterocycles. The molecular weight excluding hydrogens is 230 g/mol. The number of para-hydroxylation sites is 1. The summed E-state index contributed by atoms with van der Waals surface area (Å²) in [5.74, 6) is 1.83. The van der Waals surface area contributed by atoms with Crippen LogP contribution in [0, 0.1) is 6.92 Å². The first-order chi connectivity index (χ1) is 8.70. The minimum Gasteiger partial charge on any atom is -0.495 e. The standard InChI is InChI=1S/C13H13N3O2/c1-7-12(10-6-11(14)16-18-10)8-4-3-5-9(17-2)13(8)15-7/h3-6,15H,1-2H3,(H2,14,16). The van der Waals surface area contributed by atoms with Crippen molar-refractivity contribution in [2.45, 2.75) is 6.92 Å². The number of aryl methyl sites for hydroxylation is 1. The largest absolute Gasteiger partial charge is 0.495 e. The lowest BCUT2D eigenvalue weighted by molar-refractivity contribution is 0.419. The number of nitrogens with two attached hydrogens (primary N) is 1. The van der Waals surface area contributed by atoms with Gasteiger partial charge in [-0.1, -0.05) is 17.3 Å². The second-order valence-corrected chi connectivity index (χ2v) is 4.12. The van der Waals surface area contributed by atoms with E-state index >= 15 is 0 Å². The second kappa shape index (κ2) is 3.80. The third-order valence-corrected chi connectivity index (χ3v) is 2.98. The number of hydrogen-bond donors (Lipinski definition) is 2. The second-order valence-electron chi connectivity index (χ2n) is 4.12. The van der Waals surface area contributed by atoms with Crippen LogP contribution in [0.25, 0.3) is 22.2 Å². The number of hydrogen-bond acceptors (Lipinski definition) is 4. The van der Waals surface area contributed by atoms with Gasteiger partial charge in [-0.2, -0.15) is 0 Å². The van der Waals surface area contributed by atoms with Gasteiger partial charge in [-0.15, -0.1) is 0 Å². The zero-order valence-electron chi connectivity index (χ0n) is 10.2. The molecule has 0 radical (unpaired) electrons. The van der Waals surface area contributed by atoms with Crippen molar-refractivity contribution in [3.8, 4) is 17.1 Å². The van der Waals surface area contributed by atoms with Crippen molar-refractivity contribution in [3.05, 3.63) is 30.0 Å². The number of methoxy groups -OCH3 is 1. The molecule has 0 spiro atoms. The Labute approximate surface area is 104 Å². The Bertz CT molecular complexity index is 712. The van der Waals surface area contributed by atoms with Crippen molar-refractivity contribution in [1.29, 1.82) is 0 Å². The van der Waals surface area contributed by atoms with Gasteiger partial charge in [0.15, 0.2) is 11.6 Å². The Morgan fingerprint density at radius 3 is 2.89 bits per heavy atom. The number of benzene rings is 1. The predicted octanol–water partition coefficient (Wildman–Crippen LogP) is 2.72. The highest BCUT2D eigenvalue weighted by Crippen LogP contribution is 2.36. The van der Waals surface area contributed by atoms with Crippen LogP contribution in [0.4, 0.5) is 5.82 Å². The third-order valence-electron chi connectivity index (χ3n) is 2.98. The molecule has 0 unspecified atom stereocenters. The molecule has 0 saturated carbocycles. The van der Waals surface area contributed by atoms with Crippen molar-refractivity contribution < 1.29 is 9.26 Å². The zero-order valence-corrected chi connectivity index (χ0v) is 10.2. The summed E-state index contributed by atoms with van der Waals surface area (Å²) in [6, 6.07) is 7.58. The molecule has 3 rings (SSSR count). The summed E-state index contributed by atoms with van der Waals surface area (Å²) in [6.45, 7) is 1.98. The van der Waals surface area contributed by atoms with Crippen molar-refractivity contribution in [1.82, 2.24) is 10.1 Å². The van der Waals surface area contributed by atoms with Gasteiger partial charge in [0, 0.05) is 22.7 Å². The summed E-state index contributed by atoms with van der Waals surface area (Å²) < 4.78 is 10.6. The van der Waals surface area contributed by atoms with Crippen LogP contribution in [-0.4, -0.2) is 17.3 Å². The summed E-state index contributed by atoms with van der Waals surface area (Å²) in [5, 5.41) is 4.75. The number of H-pyrrole nitrogens is 1. The summed E-state index contributed by atoms with van der Waals surface area (Å²) in [5.41, 5.74) is 8.50. The van der Waals surface area contributed by atoms with E-state index in [-0.39, 0.29) is 0 Å². The third kappa shape index (κ3) is 1.44. The van der Waals surface area contributed by atoms with Crippen LogP contribution in [0.15, 0.2) is 28.8 Å². The van der Waals surface area contributed by atoms with Crippen molar-refractivity contribution >= 4 is 16.7 Å². The molecular formula is C13H13N3O2. The minimum atomic E-state index is 0.377. The molecule has 92 valence electrons. The van der Waals surface area contributed by atoms with Crippen molar-refractivity contribution in [3.63, 3.8) is 0 Å². The number of ether oxygens (including phenoxy) is 1. The van der Waals surface area contributed by atoms with Gasteiger partial charge < -0.3 is 20.0 Å². The van der Waals surface area contributed by atoms with Gasteiger partial charge in [0.05, 0.1) is 12.6 Å². The molecule has 2 aromatic heterocycles. The first-order valence-corrected chi connectivity index (χ1v) is 5.58. The van der Waals surface area contributed by atoms with E-state index in [2.05, 4.69) is 10.1 Å². The maximum atomic E-state index is 5.60. The predicted molar refractivity (Wildman–Crippen MR) is 69.5 cm³/mol. The van der Waals surface area contributed by atoms with Crippen molar-refractivity contribution in [2.75, 3.05) is 12.8 Å². The number of nitrogens with zero attached hydrogens (tertiary/aromatic N) is 1. The lowest BCUT2D eigenvalue weighted by Gasteiger charge is -2.00. The van der Waals surface area contributed by atoms with E-state index in [1.165, 1.54) is 0 Å². The molecule has 5 nitrogen and oxygen atoms in total. The maximum Gasteiger partial charge on any atom is 0.171 e. The lowest BCUT2D eigenvalue weighted by atomic mass is 10.1. The highest BCUT2D eigenvalue weighted by Gasteiger charge is 2.16. The van der Waals surface area contributed by atoms with E-state index in [0.29, 0.717) is 11.6 Å². The van der Waals surface area contributed by atoms with Gasteiger partial charge in [-0.3, -0.25) is 0 Å². The molecule has 0 bridgehead atoms. The average molecular weight is 243 g/mol. The SMILES string of the molecule is COc1cccc2c(-c3cc(N)no3)c(C)[nH]c12. The zero-order chi connectivity index (χ0) is 12.7. The fraction of sp³-hybridized carbons (Fsp3) is 0.154. The normalized spacial score (nSPS) is 11.0. The van der Waals surface area contributed by atoms with E-state index in [4.69, 9.17) is 15.0 Å². The monoisotopic (exact) mass is 243 g/mol. The maximum absolute atomic E-state index is 5.60. The van der Waals surface area contributed by atoms with Crippen molar-refractivity contribution in [2.24, 2.45) is 0 Å². The van der Waals surface area contributed by atoms with Crippen LogP contribution in [0.3, 0.4) is 0 Å². The molecule has 2 heterocycles. The summed E-state index contributed by atoms with van der Waals surface area (Å²) in [6.07, 6.45) is 0. The molecule has 3 aromatic rings. The number of nitrogens with one attached hydrogen (secondary N) is 1. The summed E-state index contributed by atoms with van der Waals surface area (Å²) in [4.78, 5) is 3.30. The highest BCUT2D eigenvalue weighted by atomic mass is 16.5. The molecule has 0 fully saturated rings. The fourth-order valence-corrected chi connectivity index (χ4v) is 2.21. The lowest BCUT2D eigenvalue weighted by Crippen LogP contribution is -1.83. The van der Waals surface area contributed by atoms with Gasteiger partial charge in [0.1, 0.15) is 5.75 Å². The summed E-state index contributed by atoms with van der Waals surface area (Å²) >= 11 is 0. The fourth-order valence-electron chi connectivity index (χ4n) is 2.21. The summed E-state index contributed by atoms with van der Waals surface area (Å²) in [7, 11) is 1.65. The van der Waals surface area contributed by atoms with E-state index < -0.39 is 0 Å².